The number of halogens is 1. The van der Waals surface area contributed by atoms with Crippen molar-refractivity contribution in [3.63, 3.8) is 0 Å². The molecule has 30 heavy (non-hydrogen) atoms. The molecule has 0 aliphatic rings. The van der Waals surface area contributed by atoms with E-state index in [9.17, 15) is 9.18 Å². The first-order valence-corrected chi connectivity index (χ1v) is 9.86. The van der Waals surface area contributed by atoms with Crippen LogP contribution in [0.25, 0.3) is 0 Å². The molecule has 0 radical (unpaired) electrons. The highest BCUT2D eigenvalue weighted by Gasteiger charge is 2.15. The largest absolute Gasteiger partial charge is 0.326 e. The Hall–Kier alpha value is -3.48. The van der Waals surface area contributed by atoms with Gasteiger partial charge in [0.15, 0.2) is 0 Å². The fraction of sp³-hybridized carbons (Fsp3) is 0.261. The zero-order valence-corrected chi connectivity index (χ0v) is 17.7. The van der Waals surface area contributed by atoms with E-state index in [1.807, 2.05) is 56.6 Å². The van der Waals surface area contributed by atoms with Crippen molar-refractivity contribution in [3.05, 3.63) is 82.4 Å². The van der Waals surface area contributed by atoms with E-state index in [4.69, 9.17) is 0 Å². The summed E-state index contributed by atoms with van der Waals surface area (Å²) in [6, 6.07) is 13.6. The molecule has 1 heterocycles. The monoisotopic (exact) mass is 407 g/mol. The molecule has 0 unspecified atom stereocenters. The van der Waals surface area contributed by atoms with Crippen LogP contribution in [0.4, 0.5) is 10.1 Å². The van der Waals surface area contributed by atoms with Crippen LogP contribution in [0.5, 0.6) is 0 Å². The van der Waals surface area contributed by atoms with Crippen molar-refractivity contribution in [1.29, 1.82) is 0 Å². The minimum atomic E-state index is -0.583. The number of rotatable bonds is 5. The molecule has 156 valence electrons. The molecule has 0 aliphatic carbocycles. The average molecular weight is 407 g/mol. The molecule has 2 N–H and O–H groups in total. The maximum atomic E-state index is 14.0. The molecule has 3 rings (SSSR count). The number of nitrogens with zero attached hydrogens (tertiary/aromatic N) is 3. The molecule has 0 bridgehead atoms. The molecule has 1 amide bonds. The number of carbonyl (C=O) groups excluding carboxylic acids is 1. The Labute approximate surface area is 175 Å². The molecule has 0 fully saturated rings. The highest BCUT2D eigenvalue weighted by atomic mass is 19.1. The summed E-state index contributed by atoms with van der Waals surface area (Å²) >= 11 is 0. The Balaban J connectivity index is 1.89. The molecule has 7 heteroatoms. The summed E-state index contributed by atoms with van der Waals surface area (Å²) in [5.41, 5.74) is 4.74. The molecule has 2 aromatic carbocycles. The predicted octanol–water partition coefficient (Wildman–Crippen LogP) is 4.37. The third-order valence-corrected chi connectivity index (χ3v) is 4.86. The maximum Gasteiger partial charge on any atom is 0.260 e. The Morgan fingerprint density at radius 1 is 1.13 bits per heavy atom. The number of benzene rings is 2. The van der Waals surface area contributed by atoms with Crippen LogP contribution < -0.4 is 10.6 Å². The van der Waals surface area contributed by atoms with Gasteiger partial charge in [-0.15, -0.1) is 0 Å². The first-order valence-electron chi connectivity index (χ1n) is 9.86. The molecule has 6 nitrogen and oxygen atoms in total. The number of amides is 1. The topological polar surface area (TPSA) is 71.3 Å². The highest BCUT2D eigenvalue weighted by molar-refractivity contribution is 6.10. The number of aromatic nitrogens is 2. The number of aliphatic imine (C=N–C) groups is 1. The van der Waals surface area contributed by atoms with Gasteiger partial charge in [0.2, 0.25) is 5.96 Å². The van der Waals surface area contributed by atoms with Gasteiger partial charge in [0.25, 0.3) is 5.91 Å². The summed E-state index contributed by atoms with van der Waals surface area (Å²) in [6.07, 6.45) is 0. The Kier molecular flexibility index (Phi) is 6.61. The van der Waals surface area contributed by atoms with Crippen LogP contribution in [0.15, 0.2) is 53.5 Å². The smallest absolute Gasteiger partial charge is 0.260 e. The van der Waals surface area contributed by atoms with Gasteiger partial charge in [-0.3, -0.25) is 14.8 Å². The maximum absolute atomic E-state index is 14.0. The SMILES string of the molecule is CCn1nc(C)c(CN=C(NC(=O)c2ccccc2F)Nc2cccc(C)c2)c1C. The number of nitrogens with one attached hydrogen (secondary N) is 2. The van der Waals surface area contributed by atoms with E-state index in [-0.39, 0.29) is 11.5 Å². The van der Waals surface area contributed by atoms with Gasteiger partial charge in [0, 0.05) is 23.5 Å². The van der Waals surface area contributed by atoms with Crippen molar-refractivity contribution >= 4 is 17.6 Å². The number of hydrogen-bond acceptors (Lipinski definition) is 3. The van der Waals surface area contributed by atoms with Crippen molar-refractivity contribution in [1.82, 2.24) is 15.1 Å². The fourth-order valence-corrected chi connectivity index (χ4v) is 3.22. The zero-order valence-electron chi connectivity index (χ0n) is 17.7. The summed E-state index contributed by atoms with van der Waals surface area (Å²) in [5, 5.41) is 10.4. The van der Waals surface area contributed by atoms with Gasteiger partial charge in [-0.2, -0.15) is 5.10 Å². The molecule has 3 aromatic rings. The first-order chi connectivity index (χ1) is 14.4. The molecule has 0 atom stereocenters. The van der Waals surface area contributed by atoms with E-state index in [1.165, 1.54) is 12.1 Å². The molecular formula is C23H26FN5O. The van der Waals surface area contributed by atoms with E-state index in [2.05, 4.69) is 20.7 Å². The molecule has 0 aliphatic heterocycles. The van der Waals surface area contributed by atoms with E-state index in [1.54, 1.807) is 12.1 Å². The van der Waals surface area contributed by atoms with Crippen LogP contribution in [0, 0.1) is 26.6 Å². The number of aryl methyl sites for hydroxylation is 3. The van der Waals surface area contributed by atoms with Gasteiger partial charge in [0.05, 0.1) is 17.8 Å². The van der Waals surface area contributed by atoms with Crippen molar-refractivity contribution in [2.45, 2.75) is 40.8 Å². The minimum absolute atomic E-state index is 0.0394. The van der Waals surface area contributed by atoms with Crippen molar-refractivity contribution in [2.24, 2.45) is 4.99 Å². The summed E-state index contributed by atoms with van der Waals surface area (Å²) < 4.78 is 16.0. The van der Waals surface area contributed by atoms with Crippen molar-refractivity contribution in [3.8, 4) is 0 Å². The molecule has 1 aromatic heterocycles. The van der Waals surface area contributed by atoms with E-state index in [0.29, 0.717) is 6.54 Å². The predicted molar refractivity (Wildman–Crippen MR) is 117 cm³/mol. The summed E-state index contributed by atoms with van der Waals surface area (Å²) in [6.45, 7) is 9.06. The normalized spacial score (nSPS) is 11.4. The third-order valence-electron chi connectivity index (χ3n) is 4.86. The second kappa shape index (κ2) is 9.35. The van der Waals surface area contributed by atoms with E-state index < -0.39 is 11.7 Å². The van der Waals surface area contributed by atoms with Crippen LogP contribution in [0.1, 0.15) is 39.8 Å². The van der Waals surface area contributed by atoms with Crippen LogP contribution in [0.3, 0.4) is 0 Å². The van der Waals surface area contributed by atoms with E-state index >= 15 is 0 Å². The lowest BCUT2D eigenvalue weighted by Crippen LogP contribution is -2.36. The second-order valence-corrected chi connectivity index (χ2v) is 7.06. The Morgan fingerprint density at radius 3 is 2.57 bits per heavy atom. The molecular weight excluding hydrogens is 381 g/mol. The average Bonchev–Trinajstić information content (AvgIpc) is 2.99. The van der Waals surface area contributed by atoms with Gasteiger partial charge < -0.3 is 5.32 Å². The number of hydrogen-bond donors (Lipinski definition) is 2. The molecule has 0 saturated carbocycles. The van der Waals surface area contributed by atoms with Gasteiger partial charge in [-0.1, -0.05) is 24.3 Å². The third kappa shape index (κ3) is 4.92. The summed E-state index contributed by atoms with van der Waals surface area (Å²) in [7, 11) is 0. The lowest BCUT2D eigenvalue weighted by molar-refractivity contribution is 0.0973. The van der Waals surface area contributed by atoms with Crippen LogP contribution >= 0.6 is 0 Å². The van der Waals surface area contributed by atoms with Gasteiger partial charge in [-0.25, -0.2) is 9.38 Å². The molecule has 0 saturated heterocycles. The minimum Gasteiger partial charge on any atom is -0.326 e. The Morgan fingerprint density at radius 2 is 1.90 bits per heavy atom. The number of guanidine groups is 1. The lowest BCUT2D eigenvalue weighted by atomic mass is 10.2. The van der Waals surface area contributed by atoms with Crippen LogP contribution in [-0.2, 0) is 13.1 Å². The molecule has 0 spiro atoms. The van der Waals surface area contributed by atoms with E-state index in [0.717, 1.165) is 34.7 Å². The lowest BCUT2D eigenvalue weighted by Gasteiger charge is -2.13. The fourth-order valence-electron chi connectivity index (χ4n) is 3.22. The van der Waals surface area contributed by atoms with Gasteiger partial charge in [-0.05, 0) is 57.5 Å². The summed E-state index contributed by atoms with van der Waals surface area (Å²) in [4.78, 5) is 17.2. The van der Waals surface area contributed by atoms with Crippen molar-refractivity contribution < 1.29 is 9.18 Å². The van der Waals surface area contributed by atoms with Crippen LogP contribution in [0.2, 0.25) is 0 Å². The summed E-state index contributed by atoms with van der Waals surface area (Å²) in [5.74, 6) is -0.901. The Bertz CT molecular complexity index is 1090. The van der Waals surface area contributed by atoms with Crippen LogP contribution in [-0.4, -0.2) is 21.6 Å². The quantitative estimate of drug-likeness (QED) is 0.487. The van der Waals surface area contributed by atoms with Gasteiger partial charge >= 0.3 is 0 Å². The number of carbonyl (C=O) groups is 1. The standard InChI is InChI=1S/C23H26FN5O/c1-5-29-17(4)20(16(3)28-29)14-25-23(26-18-10-8-9-15(2)13-18)27-22(30)19-11-6-7-12-21(19)24/h6-13H,5,14H2,1-4H3,(H2,25,26,27,30). The van der Waals surface area contributed by atoms with Crippen molar-refractivity contribution in [2.75, 3.05) is 5.32 Å². The second-order valence-electron chi connectivity index (χ2n) is 7.06. The highest BCUT2D eigenvalue weighted by Crippen LogP contribution is 2.15. The first kappa shape index (κ1) is 21.2. The number of anilines is 1. The van der Waals surface area contributed by atoms with Gasteiger partial charge in [0.1, 0.15) is 5.82 Å². The zero-order chi connectivity index (χ0) is 21.7.